The lowest BCUT2D eigenvalue weighted by Gasteiger charge is -2.49. The number of Topliss-reactive ketones (excluding diaryl/α,β-unsaturated/α-hetero) is 2. The van der Waals surface area contributed by atoms with Crippen LogP contribution < -0.4 is 9.47 Å². The van der Waals surface area contributed by atoms with Crippen molar-refractivity contribution in [3.8, 4) is 11.5 Å². The first kappa shape index (κ1) is 29.4. The molecule has 0 saturated carbocycles. The Balaban J connectivity index is 1.97. The maximum atomic E-state index is 14.0. The molecule has 39 heavy (non-hydrogen) atoms. The van der Waals surface area contributed by atoms with E-state index in [9.17, 15) is 9.59 Å². The number of carbonyl (C=O) groups is 2. The van der Waals surface area contributed by atoms with Gasteiger partial charge in [-0.3, -0.25) is 9.59 Å². The van der Waals surface area contributed by atoms with Crippen LogP contribution in [0.25, 0.3) is 0 Å². The Morgan fingerprint density at radius 3 is 2.10 bits per heavy atom. The van der Waals surface area contributed by atoms with E-state index < -0.39 is 5.92 Å². The number of ketones is 2. The third kappa shape index (κ3) is 5.97. The summed E-state index contributed by atoms with van der Waals surface area (Å²) in [7, 11) is 1.70. The molecule has 0 fully saturated rings. The maximum absolute atomic E-state index is 14.0. The molecule has 1 aliphatic heterocycles. The highest BCUT2D eigenvalue weighted by molar-refractivity contribution is 6.32. The molecule has 0 N–H and O–H groups in total. The summed E-state index contributed by atoms with van der Waals surface area (Å²) in [5, 5.41) is 0.386. The van der Waals surface area contributed by atoms with Gasteiger partial charge in [0.1, 0.15) is 6.61 Å². The monoisotopic (exact) mass is 555 g/mol. The van der Waals surface area contributed by atoms with E-state index in [2.05, 4.69) is 39.2 Å². The highest BCUT2D eigenvalue weighted by atomic mass is 35.5. The minimum atomic E-state index is -0.494. The van der Waals surface area contributed by atoms with Crippen molar-refractivity contribution >= 4 is 23.2 Å². The molecule has 0 unspecified atom stereocenters. The Kier molecular flexibility index (Phi) is 8.67. The third-order valence-corrected chi connectivity index (χ3v) is 8.04. The van der Waals surface area contributed by atoms with E-state index in [-0.39, 0.29) is 29.0 Å². The molecule has 3 aliphatic rings. The molecule has 0 atom stereocenters. The number of carbonyl (C=O) groups excluding carboxylic acids is 2. The number of benzene rings is 1. The van der Waals surface area contributed by atoms with Crippen LogP contribution in [-0.2, 0) is 14.3 Å². The van der Waals surface area contributed by atoms with Gasteiger partial charge >= 0.3 is 0 Å². The summed E-state index contributed by atoms with van der Waals surface area (Å²) < 4.78 is 17.2. The van der Waals surface area contributed by atoms with Gasteiger partial charge in [-0.25, -0.2) is 0 Å². The van der Waals surface area contributed by atoms with Crippen molar-refractivity contribution in [3.05, 3.63) is 57.9 Å². The van der Waals surface area contributed by atoms with Gasteiger partial charge in [0.2, 0.25) is 0 Å². The van der Waals surface area contributed by atoms with Crippen molar-refractivity contribution in [1.29, 1.82) is 0 Å². The fourth-order valence-electron chi connectivity index (χ4n) is 6.32. The summed E-state index contributed by atoms with van der Waals surface area (Å²) >= 11 is 6.79. The molecule has 0 bridgehead atoms. The molecule has 1 heterocycles. The van der Waals surface area contributed by atoms with Crippen molar-refractivity contribution in [2.75, 3.05) is 33.5 Å². The SMILES string of the molecule is C=CCOc1c(Cl)cc(C2C3=C(CC(C)(C)CC3=O)N(CCCOC)C3=C2C(=O)CC(C)(C)C3)cc1OCC. The quantitative estimate of drug-likeness (QED) is 0.228. The normalized spacial score (nSPS) is 20.6. The van der Waals surface area contributed by atoms with Gasteiger partial charge in [0.15, 0.2) is 23.1 Å². The first-order chi connectivity index (χ1) is 18.4. The lowest BCUT2D eigenvalue weighted by atomic mass is 9.63. The topological polar surface area (TPSA) is 65.1 Å². The second-order valence-corrected chi connectivity index (χ2v) is 12.8. The number of allylic oxidation sites excluding steroid dienone is 4. The van der Waals surface area contributed by atoms with Gasteiger partial charge in [0.25, 0.3) is 0 Å². The van der Waals surface area contributed by atoms with Crippen molar-refractivity contribution in [1.82, 2.24) is 4.90 Å². The van der Waals surface area contributed by atoms with E-state index >= 15 is 0 Å². The predicted octanol–water partition coefficient (Wildman–Crippen LogP) is 7.03. The van der Waals surface area contributed by atoms with Crippen LogP contribution in [0.1, 0.15) is 78.2 Å². The van der Waals surface area contributed by atoms with Gasteiger partial charge in [-0.1, -0.05) is 52.0 Å². The van der Waals surface area contributed by atoms with Gasteiger partial charge in [-0.05, 0) is 54.7 Å². The summed E-state index contributed by atoms with van der Waals surface area (Å²) in [6, 6.07) is 3.73. The number of hydrogen-bond donors (Lipinski definition) is 0. The van der Waals surface area contributed by atoms with Gasteiger partial charge in [0.05, 0.1) is 11.6 Å². The molecule has 4 rings (SSSR count). The largest absolute Gasteiger partial charge is 0.490 e. The van der Waals surface area contributed by atoms with Crippen LogP contribution in [0.15, 0.2) is 47.3 Å². The van der Waals surface area contributed by atoms with Gasteiger partial charge in [-0.15, -0.1) is 0 Å². The average Bonchev–Trinajstić information content (AvgIpc) is 2.82. The number of rotatable bonds is 10. The zero-order chi connectivity index (χ0) is 28.5. The van der Waals surface area contributed by atoms with E-state index in [1.807, 2.05) is 19.1 Å². The number of ether oxygens (including phenoxy) is 3. The van der Waals surface area contributed by atoms with Gasteiger partial charge in [-0.2, -0.15) is 0 Å². The molecule has 212 valence electrons. The van der Waals surface area contributed by atoms with Crippen LogP contribution in [0.3, 0.4) is 0 Å². The zero-order valence-corrected chi connectivity index (χ0v) is 25.0. The van der Waals surface area contributed by atoms with E-state index in [1.54, 1.807) is 13.2 Å². The number of nitrogens with zero attached hydrogens (tertiary/aromatic N) is 1. The highest BCUT2D eigenvalue weighted by Crippen LogP contribution is 2.55. The van der Waals surface area contributed by atoms with Crippen LogP contribution in [0.5, 0.6) is 11.5 Å². The molecule has 0 amide bonds. The Labute approximate surface area is 238 Å². The summed E-state index contributed by atoms with van der Waals surface area (Å²) in [5.41, 5.74) is 3.93. The Bertz CT molecular complexity index is 1170. The lowest BCUT2D eigenvalue weighted by molar-refractivity contribution is -0.119. The first-order valence-corrected chi connectivity index (χ1v) is 14.3. The first-order valence-electron chi connectivity index (χ1n) is 13.9. The van der Waals surface area contributed by atoms with E-state index in [1.165, 1.54) is 0 Å². The Hall–Kier alpha value is -2.57. The second-order valence-electron chi connectivity index (χ2n) is 12.4. The molecule has 1 aromatic carbocycles. The lowest BCUT2D eigenvalue weighted by Crippen LogP contribution is -2.44. The van der Waals surface area contributed by atoms with Crippen molar-refractivity contribution in [2.45, 2.75) is 72.6 Å². The average molecular weight is 556 g/mol. The minimum absolute atomic E-state index is 0.0910. The number of halogens is 1. The highest BCUT2D eigenvalue weighted by Gasteiger charge is 2.49. The van der Waals surface area contributed by atoms with Crippen LogP contribution in [0.4, 0.5) is 0 Å². The molecular weight excluding hydrogens is 514 g/mol. The van der Waals surface area contributed by atoms with E-state index in [0.717, 1.165) is 47.4 Å². The molecule has 0 aromatic heterocycles. The standard InChI is InChI=1S/C32H42ClNO5/c1-8-12-39-30-21(33)14-20(15-26(30)38-9-2)27-28-22(16-31(3,4)18-24(28)35)34(11-10-13-37-7)23-17-32(5,6)19-25(36)29(23)27/h8,14-15,27H,1,9-13,16-19H2,2-7H3. The molecule has 7 heteroatoms. The van der Waals surface area contributed by atoms with Crippen molar-refractivity contribution < 1.29 is 23.8 Å². The van der Waals surface area contributed by atoms with Crippen molar-refractivity contribution in [2.24, 2.45) is 10.8 Å². The summed E-state index contributed by atoms with van der Waals surface area (Å²) in [5.74, 6) is 0.628. The third-order valence-electron chi connectivity index (χ3n) is 7.76. The van der Waals surface area contributed by atoms with Crippen LogP contribution >= 0.6 is 11.6 Å². The summed E-state index contributed by atoms with van der Waals surface area (Å²) in [4.78, 5) is 30.2. The molecular formula is C32H42ClNO5. The number of hydrogen-bond acceptors (Lipinski definition) is 6. The van der Waals surface area contributed by atoms with E-state index in [0.29, 0.717) is 49.1 Å². The Morgan fingerprint density at radius 2 is 1.59 bits per heavy atom. The number of methoxy groups -OCH3 is 1. The van der Waals surface area contributed by atoms with Crippen molar-refractivity contribution in [3.63, 3.8) is 0 Å². The molecule has 0 spiro atoms. The molecule has 1 aromatic rings. The predicted molar refractivity (Wildman–Crippen MR) is 154 cm³/mol. The minimum Gasteiger partial charge on any atom is -0.490 e. The molecule has 6 nitrogen and oxygen atoms in total. The summed E-state index contributed by atoms with van der Waals surface area (Å²) in [6.45, 7) is 16.2. The van der Waals surface area contributed by atoms with Gasteiger partial charge < -0.3 is 19.1 Å². The zero-order valence-electron chi connectivity index (χ0n) is 24.2. The van der Waals surface area contributed by atoms with E-state index in [4.69, 9.17) is 25.8 Å². The maximum Gasteiger partial charge on any atom is 0.180 e. The van der Waals surface area contributed by atoms with Crippen LogP contribution in [-0.4, -0.2) is 49.9 Å². The smallest absolute Gasteiger partial charge is 0.180 e. The fourth-order valence-corrected chi connectivity index (χ4v) is 6.59. The van der Waals surface area contributed by atoms with Crippen LogP contribution in [0, 0.1) is 10.8 Å². The fraction of sp³-hybridized carbons (Fsp3) is 0.562. The second kappa shape index (κ2) is 11.5. The van der Waals surface area contributed by atoms with Crippen LogP contribution in [0.2, 0.25) is 5.02 Å². The Morgan fingerprint density at radius 1 is 1.00 bits per heavy atom. The summed E-state index contributed by atoms with van der Waals surface area (Å²) in [6.07, 6.45) is 4.84. The molecule has 2 aliphatic carbocycles. The molecule has 0 saturated heterocycles. The van der Waals surface area contributed by atoms with Gasteiger partial charge in [0, 0.05) is 61.6 Å². The molecule has 0 radical (unpaired) electrons.